The smallest absolute Gasteiger partial charge is 0.133 e. The van der Waals surface area contributed by atoms with Crippen molar-refractivity contribution in [3.05, 3.63) is 46.8 Å². The van der Waals surface area contributed by atoms with Gasteiger partial charge in [-0.1, -0.05) is 0 Å². The van der Waals surface area contributed by atoms with Crippen LogP contribution in [0, 0.1) is 5.82 Å². The minimum absolute atomic E-state index is 0.279. The highest BCUT2D eigenvalue weighted by molar-refractivity contribution is 9.10. The maximum Gasteiger partial charge on any atom is 0.133 e. The number of ether oxygens (including phenoxy) is 1. The second kappa shape index (κ2) is 4.21. The van der Waals surface area contributed by atoms with Crippen LogP contribution in [0.3, 0.4) is 0 Å². The summed E-state index contributed by atoms with van der Waals surface area (Å²) in [6.07, 6.45) is 1.74. The molecule has 0 N–H and O–H groups in total. The third-order valence-electron chi connectivity index (χ3n) is 2.92. The van der Waals surface area contributed by atoms with Gasteiger partial charge in [0.25, 0.3) is 0 Å². The largest absolute Gasteiger partial charge is 0.496 e. The number of hydrogen-bond donors (Lipinski definition) is 0. The van der Waals surface area contributed by atoms with Gasteiger partial charge >= 0.3 is 0 Å². The van der Waals surface area contributed by atoms with Crippen LogP contribution in [0.15, 0.2) is 41.0 Å². The van der Waals surface area contributed by atoms with Gasteiger partial charge in [-0.2, -0.15) is 0 Å². The van der Waals surface area contributed by atoms with Crippen LogP contribution in [-0.2, 0) is 0 Å². The molecule has 2 nitrogen and oxygen atoms in total. The molecule has 0 spiro atoms. The van der Waals surface area contributed by atoms with Gasteiger partial charge in [-0.15, -0.1) is 0 Å². The lowest BCUT2D eigenvalue weighted by molar-refractivity contribution is 0.413. The molecule has 3 rings (SSSR count). The third-order valence-corrected chi connectivity index (χ3v) is 3.54. The fraction of sp³-hybridized carbons (Fsp3) is 0.0714. The Morgan fingerprint density at radius 2 is 2.00 bits per heavy atom. The van der Waals surface area contributed by atoms with Crippen LogP contribution in [0.2, 0.25) is 0 Å². The molecule has 0 aliphatic carbocycles. The molecule has 0 saturated heterocycles. The lowest BCUT2D eigenvalue weighted by Gasteiger charge is -2.08. The lowest BCUT2D eigenvalue weighted by Crippen LogP contribution is -1.88. The van der Waals surface area contributed by atoms with Crippen LogP contribution in [0.4, 0.5) is 4.39 Å². The number of hydrogen-bond acceptors (Lipinski definition) is 2. The Bertz CT molecular complexity index is 757. The predicted molar refractivity (Wildman–Crippen MR) is 73.5 cm³/mol. The van der Waals surface area contributed by atoms with Crippen molar-refractivity contribution in [3.8, 4) is 5.75 Å². The molecule has 18 heavy (non-hydrogen) atoms. The first-order valence-electron chi connectivity index (χ1n) is 5.40. The number of pyridine rings is 1. The summed E-state index contributed by atoms with van der Waals surface area (Å²) in [6, 6.07) is 8.50. The summed E-state index contributed by atoms with van der Waals surface area (Å²) < 4.78 is 19.3. The van der Waals surface area contributed by atoms with E-state index in [4.69, 9.17) is 4.74 Å². The average molecular weight is 306 g/mol. The summed E-state index contributed by atoms with van der Waals surface area (Å²) in [4.78, 5) is 4.27. The third kappa shape index (κ3) is 1.73. The molecule has 1 aromatic heterocycles. The number of halogens is 2. The highest BCUT2D eigenvalue weighted by Crippen LogP contribution is 2.33. The Hall–Kier alpha value is -1.68. The van der Waals surface area contributed by atoms with Crippen LogP contribution in [0.1, 0.15) is 0 Å². The summed E-state index contributed by atoms with van der Waals surface area (Å²) in [6.45, 7) is 0. The zero-order valence-electron chi connectivity index (χ0n) is 9.58. The van der Waals surface area contributed by atoms with Crippen molar-refractivity contribution >= 4 is 37.6 Å². The van der Waals surface area contributed by atoms with Crippen LogP contribution in [0.25, 0.3) is 21.7 Å². The van der Waals surface area contributed by atoms with Gasteiger partial charge in [-0.25, -0.2) is 4.39 Å². The van der Waals surface area contributed by atoms with Crippen molar-refractivity contribution in [2.24, 2.45) is 0 Å². The Morgan fingerprint density at radius 3 is 2.78 bits per heavy atom. The van der Waals surface area contributed by atoms with Gasteiger partial charge in [0.05, 0.1) is 17.1 Å². The van der Waals surface area contributed by atoms with Gasteiger partial charge in [0, 0.05) is 23.0 Å². The van der Waals surface area contributed by atoms with Gasteiger partial charge in [0.15, 0.2) is 0 Å². The van der Waals surface area contributed by atoms with Crippen molar-refractivity contribution < 1.29 is 9.13 Å². The Morgan fingerprint density at radius 1 is 1.17 bits per heavy atom. The van der Waals surface area contributed by atoms with Gasteiger partial charge in [0.1, 0.15) is 11.6 Å². The predicted octanol–water partition coefficient (Wildman–Crippen LogP) is 4.30. The second-order valence-corrected chi connectivity index (χ2v) is 4.85. The number of benzene rings is 2. The molecule has 0 atom stereocenters. The minimum atomic E-state index is -0.279. The fourth-order valence-electron chi connectivity index (χ4n) is 2.04. The van der Waals surface area contributed by atoms with E-state index in [0.717, 1.165) is 26.4 Å². The number of aromatic nitrogens is 1. The normalized spacial score (nSPS) is 11.1. The van der Waals surface area contributed by atoms with Crippen molar-refractivity contribution in [2.45, 2.75) is 0 Å². The van der Waals surface area contributed by atoms with Crippen molar-refractivity contribution in [3.63, 3.8) is 0 Å². The van der Waals surface area contributed by atoms with E-state index in [1.165, 1.54) is 12.1 Å². The molecule has 1 heterocycles. The molecule has 0 bridgehead atoms. The van der Waals surface area contributed by atoms with E-state index >= 15 is 0 Å². The van der Waals surface area contributed by atoms with Crippen LogP contribution in [0.5, 0.6) is 5.75 Å². The maximum atomic E-state index is 13.2. The number of fused-ring (bicyclic) bond motifs is 3. The SMILES string of the molecule is COc1cc2c(cnc3cc(F)ccc32)cc1Br. The first-order chi connectivity index (χ1) is 8.69. The van der Waals surface area contributed by atoms with E-state index in [1.54, 1.807) is 19.4 Å². The molecule has 0 aliphatic heterocycles. The summed E-state index contributed by atoms with van der Waals surface area (Å²) in [5.74, 6) is 0.470. The summed E-state index contributed by atoms with van der Waals surface area (Å²) in [5.41, 5.74) is 0.645. The summed E-state index contributed by atoms with van der Waals surface area (Å²) in [7, 11) is 1.62. The molecular weight excluding hydrogens is 297 g/mol. The molecule has 0 radical (unpaired) electrons. The van der Waals surface area contributed by atoms with Crippen molar-refractivity contribution in [1.82, 2.24) is 4.98 Å². The second-order valence-electron chi connectivity index (χ2n) is 3.99. The topological polar surface area (TPSA) is 22.1 Å². The monoisotopic (exact) mass is 305 g/mol. The van der Waals surface area contributed by atoms with Gasteiger partial charge in [0.2, 0.25) is 0 Å². The molecular formula is C14H9BrFNO. The average Bonchev–Trinajstić information content (AvgIpc) is 2.37. The molecule has 0 fully saturated rings. The first kappa shape index (κ1) is 11.4. The van der Waals surface area contributed by atoms with Gasteiger partial charge < -0.3 is 4.74 Å². The van der Waals surface area contributed by atoms with Crippen LogP contribution in [-0.4, -0.2) is 12.1 Å². The fourth-order valence-corrected chi connectivity index (χ4v) is 2.57. The molecule has 90 valence electrons. The molecule has 0 amide bonds. The highest BCUT2D eigenvalue weighted by Gasteiger charge is 2.07. The number of methoxy groups -OCH3 is 1. The van der Waals surface area contributed by atoms with Crippen molar-refractivity contribution in [1.29, 1.82) is 0 Å². The number of nitrogens with zero attached hydrogens (tertiary/aromatic N) is 1. The quantitative estimate of drug-likeness (QED) is 0.625. The maximum absolute atomic E-state index is 13.2. The van der Waals surface area contributed by atoms with E-state index in [1.807, 2.05) is 12.1 Å². The van der Waals surface area contributed by atoms with Gasteiger partial charge in [-0.3, -0.25) is 4.98 Å². The Balaban J connectivity index is 2.45. The van der Waals surface area contributed by atoms with Crippen molar-refractivity contribution in [2.75, 3.05) is 7.11 Å². The minimum Gasteiger partial charge on any atom is -0.496 e. The molecule has 0 unspecified atom stereocenters. The lowest BCUT2D eigenvalue weighted by atomic mass is 10.1. The standard InChI is InChI=1S/C14H9BrFNO/c1-18-14-6-11-8(4-12(14)15)7-17-13-5-9(16)2-3-10(11)13/h2-7H,1H3. The summed E-state index contributed by atoms with van der Waals surface area (Å²) in [5, 5.41) is 2.90. The van der Waals surface area contributed by atoms with Crippen LogP contribution < -0.4 is 4.74 Å². The summed E-state index contributed by atoms with van der Waals surface area (Å²) >= 11 is 3.44. The Labute approximate surface area is 112 Å². The first-order valence-corrected chi connectivity index (χ1v) is 6.20. The van der Waals surface area contributed by atoms with E-state index in [2.05, 4.69) is 20.9 Å². The van der Waals surface area contributed by atoms with E-state index < -0.39 is 0 Å². The molecule has 0 saturated carbocycles. The highest BCUT2D eigenvalue weighted by atomic mass is 79.9. The van der Waals surface area contributed by atoms with E-state index in [0.29, 0.717) is 5.52 Å². The van der Waals surface area contributed by atoms with E-state index in [9.17, 15) is 4.39 Å². The van der Waals surface area contributed by atoms with E-state index in [-0.39, 0.29) is 5.82 Å². The number of rotatable bonds is 1. The van der Waals surface area contributed by atoms with Gasteiger partial charge in [-0.05, 0) is 45.6 Å². The van der Waals surface area contributed by atoms with Crippen LogP contribution >= 0.6 is 15.9 Å². The Kier molecular flexibility index (Phi) is 2.67. The molecule has 3 aromatic rings. The molecule has 2 aromatic carbocycles. The molecule has 4 heteroatoms. The zero-order valence-corrected chi connectivity index (χ0v) is 11.2. The zero-order chi connectivity index (χ0) is 12.7. The molecule has 0 aliphatic rings.